The Morgan fingerprint density at radius 3 is 2.90 bits per heavy atom. The molecule has 6 heteroatoms. The molecule has 4 rings (SSSR count). The standard InChI is InChI=1S/C14H15N5O/c1-9-11-12(10-6-4-3-5-7-10)19-13(15-8-16-19)17-14(11,2)20-18-9/h3-8,11-12H,1-2H3,(H,15,16,17)/t11-,12+,14-/m1/s1. The lowest BCUT2D eigenvalue weighted by molar-refractivity contribution is -0.0234. The average molecular weight is 269 g/mol. The third kappa shape index (κ3) is 1.41. The molecule has 0 fully saturated rings. The summed E-state index contributed by atoms with van der Waals surface area (Å²) in [5, 5.41) is 11.8. The Morgan fingerprint density at radius 1 is 1.30 bits per heavy atom. The van der Waals surface area contributed by atoms with Crippen LogP contribution < -0.4 is 5.32 Å². The Hall–Kier alpha value is -2.37. The van der Waals surface area contributed by atoms with Crippen molar-refractivity contribution < 1.29 is 4.84 Å². The Bertz CT molecular complexity index is 680. The zero-order chi connectivity index (χ0) is 13.7. The third-order valence-corrected chi connectivity index (χ3v) is 4.08. The van der Waals surface area contributed by atoms with Crippen LogP contribution in [0.3, 0.4) is 0 Å². The van der Waals surface area contributed by atoms with Gasteiger partial charge in [-0.3, -0.25) is 0 Å². The first-order valence-corrected chi connectivity index (χ1v) is 6.64. The van der Waals surface area contributed by atoms with E-state index in [1.165, 1.54) is 5.56 Å². The van der Waals surface area contributed by atoms with Crippen LogP contribution in [0.1, 0.15) is 25.5 Å². The Kier molecular flexibility index (Phi) is 2.19. The second-order valence-electron chi connectivity index (χ2n) is 5.42. The van der Waals surface area contributed by atoms with E-state index in [0.717, 1.165) is 5.71 Å². The van der Waals surface area contributed by atoms with Gasteiger partial charge < -0.3 is 10.2 Å². The van der Waals surface area contributed by atoms with E-state index in [0.29, 0.717) is 5.95 Å². The van der Waals surface area contributed by atoms with Gasteiger partial charge in [-0.05, 0) is 19.4 Å². The molecule has 1 N–H and O–H groups in total. The molecule has 102 valence electrons. The van der Waals surface area contributed by atoms with E-state index < -0.39 is 5.72 Å². The average Bonchev–Trinajstić information content (AvgIpc) is 3.02. The summed E-state index contributed by atoms with van der Waals surface area (Å²) in [4.78, 5) is 9.90. The molecular formula is C14H15N5O. The minimum absolute atomic E-state index is 0.0335. The maximum Gasteiger partial charge on any atom is 0.224 e. The van der Waals surface area contributed by atoms with Crippen LogP contribution in [0.4, 0.5) is 5.95 Å². The molecule has 0 radical (unpaired) electrons. The van der Waals surface area contributed by atoms with Crippen LogP contribution in [-0.2, 0) is 4.84 Å². The van der Waals surface area contributed by atoms with Gasteiger partial charge in [0.25, 0.3) is 0 Å². The van der Waals surface area contributed by atoms with Gasteiger partial charge in [0.1, 0.15) is 6.33 Å². The monoisotopic (exact) mass is 269 g/mol. The van der Waals surface area contributed by atoms with Crippen molar-refractivity contribution in [2.75, 3.05) is 5.32 Å². The second-order valence-corrected chi connectivity index (χ2v) is 5.42. The molecule has 1 aromatic carbocycles. The summed E-state index contributed by atoms with van der Waals surface area (Å²) in [5.41, 5.74) is 1.57. The zero-order valence-electron chi connectivity index (χ0n) is 11.3. The maximum atomic E-state index is 5.63. The fourth-order valence-electron chi connectivity index (χ4n) is 3.20. The van der Waals surface area contributed by atoms with Crippen LogP contribution in [0, 0.1) is 5.92 Å². The SMILES string of the molecule is CC1=NO[C@@]2(C)Nc3ncnn3[C@@H](c3ccccc3)[C@@H]12. The van der Waals surface area contributed by atoms with E-state index in [2.05, 4.69) is 32.7 Å². The summed E-state index contributed by atoms with van der Waals surface area (Å²) in [6.07, 6.45) is 1.56. The number of oxime groups is 1. The number of fused-ring (bicyclic) bond motifs is 2. The highest BCUT2D eigenvalue weighted by Gasteiger charge is 2.53. The Balaban J connectivity index is 1.92. The lowest BCUT2D eigenvalue weighted by Crippen LogP contribution is -2.52. The third-order valence-electron chi connectivity index (χ3n) is 4.08. The highest BCUT2D eigenvalue weighted by molar-refractivity contribution is 5.88. The van der Waals surface area contributed by atoms with Gasteiger partial charge in [-0.25, -0.2) is 4.68 Å². The summed E-state index contributed by atoms with van der Waals surface area (Å²) in [7, 11) is 0. The molecule has 0 spiro atoms. The number of nitrogens with zero attached hydrogens (tertiary/aromatic N) is 4. The van der Waals surface area contributed by atoms with Gasteiger partial charge in [0.05, 0.1) is 17.7 Å². The summed E-state index contributed by atoms with van der Waals surface area (Å²) in [6, 6.07) is 10.3. The van der Waals surface area contributed by atoms with E-state index in [-0.39, 0.29) is 12.0 Å². The molecule has 6 nitrogen and oxygen atoms in total. The van der Waals surface area contributed by atoms with Crippen LogP contribution in [0.2, 0.25) is 0 Å². The van der Waals surface area contributed by atoms with Gasteiger partial charge in [-0.1, -0.05) is 35.5 Å². The van der Waals surface area contributed by atoms with Gasteiger partial charge in [0.15, 0.2) is 0 Å². The molecule has 0 unspecified atom stereocenters. The van der Waals surface area contributed by atoms with Crippen molar-refractivity contribution in [2.45, 2.75) is 25.6 Å². The predicted molar refractivity (Wildman–Crippen MR) is 74.3 cm³/mol. The molecule has 0 aliphatic carbocycles. The quantitative estimate of drug-likeness (QED) is 0.860. The van der Waals surface area contributed by atoms with Crippen molar-refractivity contribution in [3.05, 3.63) is 42.2 Å². The molecular weight excluding hydrogens is 254 g/mol. The molecule has 20 heavy (non-hydrogen) atoms. The lowest BCUT2D eigenvalue weighted by Gasteiger charge is -2.40. The minimum atomic E-state index is -0.576. The highest BCUT2D eigenvalue weighted by Crippen LogP contribution is 2.45. The second kappa shape index (κ2) is 3.82. The van der Waals surface area contributed by atoms with Crippen molar-refractivity contribution in [1.29, 1.82) is 0 Å². The van der Waals surface area contributed by atoms with Crippen LogP contribution in [0.15, 0.2) is 41.8 Å². The van der Waals surface area contributed by atoms with Crippen LogP contribution in [0.5, 0.6) is 0 Å². The van der Waals surface area contributed by atoms with Gasteiger partial charge >= 0.3 is 0 Å². The first-order chi connectivity index (χ1) is 9.69. The molecule has 0 bridgehead atoms. The molecule has 2 aliphatic heterocycles. The van der Waals surface area contributed by atoms with E-state index in [1.54, 1.807) is 6.33 Å². The van der Waals surface area contributed by atoms with Crippen molar-refractivity contribution >= 4 is 11.7 Å². The lowest BCUT2D eigenvalue weighted by atomic mass is 9.81. The predicted octanol–water partition coefficient (Wildman–Crippen LogP) is 2.03. The first-order valence-electron chi connectivity index (χ1n) is 6.64. The normalized spacial score (nSPS) is 30.8. The summed E-state index contributed by atoms with van der Waals surface area (Å²) in [5.74, 6) is 0.793. The number of rotatable bonds is 1. The van der Waals surface area contributed by atoms with E-state index in [9.17, 15) is 0 Å². The number of aromatic nitrogens is 3. The molecule has 3 atom stereocenters. The molecule has 0 saturated carbocycles. The number of hydrogen-bond donors (Lipinski definition) is 1. The molecule has 3 heterocycles. The maximum absolute atomic E-state index is 5.63. The summed E-state index contributed by atoms with van der Waals surface area (Å²) in [6.45, 7) is 4.00. The Morgan fingerprint density at radius 2 is 2.10 bits per heavy atom. The molecule has 1 aromatic heterocycles. The van der Waals surface area contributed by atoms with Crippen molar-refractivity contribution in [1.82, 2.24) is 14.8 Å². The zero-order valence-corrected chi connectivity index (χ0v) is 11.3. The summed E-state index contributed by atoms with van der Waals surface area (Å²) < 4.78 is 1.91. The molecule has 2 aromatic rings. The molecule has 0 amide bonds. The first kappa shape index (κ1) is 11.5. The summed E-state index contributed by atoms with van der Waals surface area (Å²) >= 11 is 0. The van der Waals surface area contributed by atoms with Crippen LogP contribution >= 0.6 is 0 Å². The number of benzene rings is 1. The van der Waals surface area contributed by atoms with Gasteiger partial charge in [-0.15, -0.1) is 0 Å². The fourth-order valence-corrected chi connectivity index (χ4v) is 3.20. The van der Waals surface area contributed by atoms with Crippen LogP contribution in [0.25, 0.3) is 0 Å². The topological polar surface area (TPSA) is 64.3 Å². The van der Waals surface area contributed by atoms with Crippen molar-refractivity contribution in [2.24, 2.45) is 11.1 Å². The van der Waals surface area contributed by atoms with Crippen molar-refractivity contribution in [3.63, 3.8) is 0 Å². The largest absolute Gasteiger partial charge is 0.367 e. The van der Waals surface area contributed by atoms with Gasteiger partial charge in [0.2, 0.25) is 11.7 Å². The fraction of sp³-hybridized carbons (Fsp3) is 0.357. The number of anilines is 1. The Labute approximate surface area is 116 Å². The number of nitrogens with one attached hydrogen (secondary N) is 1. The van der Waals surface area contributed by atoms with E-state index in [1.807, 2.05) is 36.7 Å². The smallest absolute Gasteiger partial charge is 0.224 e. The molecule has 0 saturated heterocycles. The van der Waals surface area contributed by atoms with Gasteiger partial charge in [0, 0.05) is 0 Å². The van der Waals surface area contributed by atoms with Crippen LogP contribution in [-0.4, -0.2) is 26.2 Å². The van der Waals surface area contributed by atoms with Crippen molar-refractivity contribution in [3.8, 4) is 0 Å². The van der Waals surface area contributed by atoms with E-state index >= 15 is 0 Å². The number of hydrogen-bond acceptors (Lipinski definition) is 5. The minimum Gasteiger partial charge on any atom is -0.367 e. The highest BCUT2D eigenvalue weighted by atomic mass is 16.7. The molecule has 2 aliphatic rings. The van der Waals surface area contributed by atoms with Gasteiger partial charge in [-0.2, -0.15) is 10.1 Å². The van der Waals surface area contributed by atoms with E-state index in [4.69, 9.17) is 4.84 Å².